The predicted molar refractivity (Wildman–Crippen MR) is 113 cm³/mol. The third kappa shape index (κ3) is 2.64. The summed E-state index contributed by atoms with van der Waals surface area (Å²) in [6.45, 7) is 2.50. The number of aromatic nitrogens is 2. The van der Waals surface area contributed by atoms with Gasteiger partial charge >= 0.3 is 0 Å². The second-order valence-corrected chi connectivity index (χ2v) is 7.65. The van der Waals surface area contributed by atoms with Gasteiger partial charge in [0.25, 0.3) is 5.56 Å². The molecule has 2 aliphatic rings. The molecule has 1 atom stereocenters. The lowest BCUT2D eigenvalue weighted by Gasteiger charge is -2.25. The molecule has 152 valence electrons. The van der Waals surface area contributed by atoms with Gasteiger partial charge in [0.2, 0.25) is 11.8 Å². The van der Waals surface area contributed by atoms with Gasteiger partial charge in [-0.3, -0.25) is 14.4 Å². The quantitative estimate of drug-likeness (QED) is 0.478. The van der Waals surface area contributed by atoms with Gasteiger partial charge in [-0.05, 0) is 36.2 Å². The third-order valence-corrected chi connectivity index (χ3v) is 5.94. The molecule has 8 nitrogen and oxygen atoms in total. The van der Waals surface area contributed by atoms with Gasteiger partial charge in [-0.25, -0.2) is 4.98 Å². The smallest absolute Gasteiger partial charge is 0.256 e. The van der Waals surface area contributed by atoms with Crippen LogP contribution in [-0.4, -0.2) is 27.9 Å². The van der Waals surface area contributed by atoms with E-state index in [1.807, 2.05) is 31.2 Å². The highest BCUT2D eigenvalue weighted by Crippen LogP contribution is 2.36. The number of hydrogen-bond donors (Lipinski definition) is 3. The SMILES string of the molecule is CC[C@H]1C(=O)NCc2c1cc1n(c2=O)Cc2cc3c(NC(=O)CN)cccc3nc2-1. The van der Waals surface area contributed by atoms with Gasteiger partial charge in [0, 0.05) is 23.1 Å². The maximum absolute atomic E-state index is 13.2. The van der Waals surface area contributed by atoms with Crippen LogP contribution in [0.1, 0.15) is 36.0 Å². The highest BCUT2D eigenvalue weighted by Gasteiger charge is 2.32. The maximum Gasteiger partial charge on any atom is 0.256 e. The number of carbonyl (C=O) groups excluding carboxylic acids is 2. The lowest BCUT2D eigenvalue weighted by atomic mass is 9.88. The topological polar surface area (TPSA) is 119 Å². The van der Waals surface area contributed by atoms with Crippen LogP contribution in [0.4, 0.5) is 5.69 Å². The zero-order chi connectivity index (χ0) is 21.0. The van der Waals surface area contributed by atoms with Gasteiger partial charge in [0.15, 0.2) is 0 Å². The molecule has 0 saturated heterocycles. The molecular formula is C22H21N5O3. The molecule has 4 heterocycles. The summed E-state index contributed by atoms with van der Waals surface area (Å²) in [6, 6.07) is 9.42. The van der Waals surface area contributed by atoms with Crippen molar-refractivity contribution in [3.8, 4) is 11.4 Å². The van der Waals surface area contributed by atoms with Gasteiger partial charge in [0.1, 0.15) is 0 Å². The highest BCUT2D eigenvalue weighted by atomic mass is 16.2. The van der Waals surface area contributed by atoms with E-state index in [9.17, 15) is 14.4 Å². The van der Waals surface area contributed by atoms with Crippen LogP contribution in [0.5, 0.6) is 0 Å². The van der Waals surface area contributed by atoms with Crippen LogP contribution in [-0.2, 0) is 22.7 Å². The molecule has 2 aliphatic heterocycles. The summed E-state index contributed by atoms with van der Waals surface area (Å²) in [5.74, 6) is -0.646. The minimum atomic E-state index is -0.324. The number of amides is 2. The Bertz CT molecular complexity index is 1290. The molecule has 3 aromatic rings. The largest absolute Gasteiger partial charge is 0.351 e. The second-order valence-electron chi connectivity index (χ2n) is 7.65. The van der Waals surface area contributed by atoms with E-state index in [4.69, 9.17) is 10.7 Å². The van der Waals surface area contributed by atoms with Gasteiger partial charge in [-0.1, -0.05) is 13.0 Å². The summed E-state index contributed by atoms with van der Waals surface area (Å²) < 4.78 is 1.72. The summed E-state index contributed by atoms with van der Waals surface area (Å²) in [5, 5.41) is 6.43. The van der Waals surface area contributed by atoms with Crippen molar-refractivity contribution in [2.45, 2.75) is 32.4 Å². The number of pyridine rings is 2. The number of hydrogen-bond acceptors (Lipinski definition) is 5. The molecule has 2 aromatic heterocycles. The lowest BCUT2D eigenvalue weighted by Crippen LogP contribution is -2.39. The molecule has 1 aromatic carbocycles. The number of nitrogens with two attached hydrogens (primary N) is 1. The van der Waals surface area contributed by atoms with E-state index in [-0.39, 0.29) is 36.4 Å². The summed E-state index contributed by atoms with van der Waals surface area (Å²) in [7, 11) is 0. The standard InChI is InChI=1S/C22H21N5O3/c1-2-12-13-7-18-20-11(10-27(18)22(30)15(13)9-24-21(12)29)6-14-16(25-19(28)8-23)4-3-5-17(14)26-20/h3-7,12H,2,8-10,23H2,1H3,(H,24,29)(H,25,28)/t12-/m1/s1. The minimum Gasteiger partial charge on any atom is -0.351 e. The van der Waals surface area contributed by atoms with E-state index in [2.05, 4.69) is 10.6 Å². The first-order valence-corrected chi connectivity index (χ1v) is 9.99. The van der Waals surface area contributed by atoms with Crippen molar-refractivity contribution in [3.05, 3.63) is 57.4 Å². The van der Waals surface area contributed by atoms with Gasteiger partial charge < -0.3 is 20.9 Å². The van der Waals surface area contributed by atoms with Crippen LogP contribution in [0.25, 0.3) is 22.3 Å². The maximum atomic E-state index is 13.2. The molecule has 0 saturated carbocycles. The highest BCUT2D eigenvalue weighted by molar-refractivity contribution is 6.02. The molecule has 5 rings (SSSR count). The fourth-order valence-corrected chi connectivity index (χ4v) is 4.46. The Balaban J connectivity index is 1.69. The number of nitrogens with zero attached hydrogens (tertiary/aromatic N) is 2. The number of anilines is 1. The summed E-state index contributed by atoms with van der Waals surface area (Å²) >= 11 is 0. The van der Waals surface area contributed by atoms with Crippen molar-refractivity contribution in [1.29, 1.82) is 0 Å². The molecule has 0 bridgehead atoms. The van der Waals surface area contributed by atoms with E-state index in [0.717, 1.165) is 27.9 Å². The molecule has 0 aliphatic carbocycles. The fraction of sp³-hybridized carbons (Fsp3) is 0.273. The molecular weight excluding hydrogens is 382 g/mol. The van der Waals surface area contributed by atoms with E-state index in [1.165, 1.54) is 0 Å². The predicted octanol–water partition coefficient (Wildman–Crippen LogP) is 1.45. The average molecular weight is 403 g/mol. The number of carbonyl (C=O) groups is 2. The van der Waals surface area contributed by atoms with Crippen LogP contribution < -0.4 is 21.9 Å². The molecule has 8 heteroatoms. The first-order valence-electron chi connectivity index (χ1n) is 9.99. The first-order chi connectivity index (χ1) is 14.5. The molecule has 30 heavy (non-hydrogen) atoms. The van der Waals surface area contributed by atoms with Crippen LogP contribution in [0, 0.1) is 0 Å². The molecule has 4 N–H and O–H groups in total. The van der Waals surface area contributed by atoms with E-state index < -0.39 is 0 Å². The summed E-state index contributed by atoms with van der Waals surface area (Å²) in [5.41, 5.74) is 10.5. The van der Waals surface area contributed by atoms with E-state index >= 15 is 0 Å². The van der Waals surface area contributed by atoms with E-state index in [1.54, 1.807) is 10.6 Å². The van der Waals surface area contributed by atoms with Crippen LogP contribution >= 0.6 is 0 Å². The third-order valence-electron chi connectivity index (χ3n) is 5.94. The Hall–Kier alpha value is -3.52. The van der Waals surface area contributed by atoms with Crippen molar-refractivity contribution in [1.82, 2.24) is 14.9 Å². The molecule has 0 fully saturated rings. The van der Waals surface area contributed by atoms with Crippen LogP contribution in [0.3, 0.4) is 0 Å². The summed E-state index contributed by atoms with van der Waals surface area (Å²) in [6.07, 6.45) is 0.629. The lowest BCUT2D eigenvalue weighted by molar-refractivity contribution is -0.123. The molecule has 0 radical (unpaired) electrons. The number of nitrogens with one attached hydrogen (secondary N) is 2. The first kappa shape index (κ1) is 18.5. The zero-order valence-electron chi connectivity index (χ0n) is 16.5. The minimum absolute atomic E-state index is 0.0423. The number of benzene rings is 1. The van der Waals surface area contributed by atoms with Crippen molar-refractivity contribution in [3.63, 3.8) is 0 Å². The Morgan fingerprint density at radius 3 is 2.93 bits per heavy atom. The van der Waals surface area contributed by atoms with Crippen molar-refractivity contribution in [2.24, 2.45) is 5.73 Å². The van der Waals surface area contributed by atoms with Gasteiger partial charge in [-0.2, -0.15) is 0 Å². The van der Waals surface area contributed by atoms with Gasteiger partial charge in [0.05, 0.1) is 41.6 Å². The molecule has 0 unspecified atom stereocenters. The number of fused-ring (bicyclic) bond motifs is 5. The average Bonchev–Trinajstić information content (AvgIpc) is 3.10. The van der Waals surface area contributed by atoms with Crippen molar-refractivity contribution >= 4 is 28.4 Å². The Kier molecular flexibility index (Phi) is 4.18. The Labute approximate surface area is 172 Å². The summed E-state index contributed by atoms with van der Waals surface area (Å²) in [4.78, 5) is 42.1. The molecule has 2 amide bonds. The monoisotopic (exact) mass is 403 g/mol. The van der Waals surface area contributed by atoms with Crippen LogP contribution in [0.2, 0.25) is 0 Å². The number of rotatable bonds is 3. The zero-order valence-corrected chi connectivity index (χ0v) is 16.5. The van der Waals surface area contributed by atoms with E-state index in [0.29, 0.717) is 29.7 Å². The normalized spacial score (nSPS) is 16.6. The second kappa shape index (κ2) is 6.77. The van der Waals surface area contributed by atoms with Crippen molar-refractivity contribution in [2.75, 3.05) is 11.9 Å². The van der Waals surface area contributed by atoms with Gasteiger partial charge in [-0.15, -0.1) is 0 Å². The Morgan fingerprint density at radius 1 is 1.33 bits per heavy atom. The van der Waals surface area contributed by atoms with Crippen LogP contribution in [0.15, 0.2) is 35.1 Å². The Morgan fingerprint density at radius 2 is 2.17 bits per heavy atom. The molecule has 0 spiro atoms. The van der Waals surface area contributed by atoms with Crippen molar-refractivity contribution < 1.29 is 9.59 Å². The fourth-order valence-electron chi connectivity index (χ4n) is 4.46.